The minimum atomic E-state index is 0. The Balaban J connectivity index is -0.0000000120. The van der Waals surface area contributed by atoms with Gasteiger partial charge < -0.3 is 48.4 Å². The van der Waals surface area contributed by atoms with Gasteiger partial charge in [0.1, 0.15) is 0 Å². The van der Waals surface area contributed by atoms with Crippen molar-refractivity contribution >= 4 is 0 Å². The molecular weight excluding hydrogens is 190 g/mol. The molecule has 0 aromatic carbocycles. The first-order valence-electron chi connectivity index (χ1n) is 2.34. The average molecular weight is 213 g/mol. The summed E-state index contributed by atoms with van der Waals surface area (Å²) in [5.41, 5.74) is 0. The largest absolute Gasteiger partial charge is 0.412 e. The smallest absolute Gasteiger partial charge is 0.0555 e. The van der Waals surface area contributed by atoms with Gasteiger partial charge in [-0.2, -0.15) is 0 Å². The Kier molecular flexibility index (Phi) is 253. The molecule has 0 aromatic heterocycles. The van der Waals surface area contributed by atoms with Gasteiger partial charge in [-0.05, 0) is 0 Å². The summed E-state index contributed by atoms with van der Waals surface area (Å²) in [6.07, 6.45) is 0. The van der Waals surface area contributed by atoms with E-state index in [1.54, 1.807) is 0 Å². The molecule has 9 heteroatoms. The maximum absolute atomic E-state index is 8.15. The van der Waals surface area contributed by atoms with Crippen molar-refractivity contribution in [3.63, 3.8) is 0 Å². The van der Waals surface area contributed by atoms with Gasteiger partial charge in [0.25, 0.3) is 0 Å². The number of rotatable bonds is 4. The van der Waals surface area contributed by atoms with Gasteiger partial charge in [0.2, 0.25) is 0 Å². The van der Waals surface area contributed by atoms with Crippen LogP contribution in [0.5, 0.6) is 0 Å². The number of hydrogen-bond acceptors (Lipinski definition) is 3. The number of aliphatic hydroxyl groups is 2. The van der Waals surface area contributed by atoms with Crippen molar-refractivity contribution in [3.05, 3.63) is 0 Å². The highest BCUT2D eigenvalue weighted by atomic mass is 16.3. The van der Waals surface area contributed by atoms with E-state index < -0.39 is 0 Å². The van der Waals surface area contributed by atoms with Crippen molar-refractivity contribution in [2.45, 2.75) is 0 Å². The Morgan fingerprint density at radius 2 is 0.846 bits per heavy atom. The van der Waals surface area contributed by atoms with E-state index in [0.29, 0.717) is 13.1 Å². The molecule has 0 heterocycles. The second-order valence-electron chi connectivity index (χ2n) is 1.20. The molecule has 15 N–H and O–H groups in total. The van der Waals surface area contributed by atoms with Gasteiger partial charge in [-0.15, -0.1) is 0 Å². The lowest BCUT2D eigenvalue weighted by Gasteiger charge is -1.94. The zero-order valence-corrected chi connectivity index (χ0v) is 7.22. The molecular formula is C4H23NO8. The molecule has 0 unspecified atom stereocenters. The summed E-state index contributed by atoms with van der Waals surface area (Å²) < 4.78 is 0. The number of hydrogen-bond donors (Lipinski definition) is 3. The fourth-order valence-corrected chi connectivity index (χ4v) is 0.283. The maximum Gasteiger partial charge on any atom is 0.0555 e. The summed E-state index contributed by atoms with van der Waals surface area (Å²) in [7, 11) is 0. The molecule has 0 atom stereocenters. The van der Waals surface area contributed by atoms with E-state index in [4.69, 9.17) is 10.2 Å². The first-order chi connectivity index (χ1) is 3.41. The predicted molar refractivity (Wildman–Crippen MR) is 48.7 cm³/mol. The fraction of sp³-hybridized carbons (Fsp3) is 1.00. The van der Waals surface area contributed by atoms with Gasteiger partial charge >= 0.3 is 0 Å². The second-order valence-corrected chi connectivity index (χ2v) is 1.20. The van der Waals surface area contributed by atoms with E-state index in [-0.39, 0.29) is 46.1 Å². The molecule has 0 aromatic rings. The second kappa shape index (κ2) is 61.2. The summed E-state index contributed by atoms with van der Waals surface area (Å²) in [6.45, 7) is 1.42. The van der Waals surface area contributed by atoms with E-state index in [1.165, 1.54) is 0 Å². The topological polar surface area (TPSA) is 241 Å². The molecule has 0 rings (SSSR count). The minimum Gasteiger partial charge on any atom is -0.412 e. The van der Waals surface area contributed by atoms with Crippen LogP contribution in [-0.4, -0.2) is 69.4 Å². The van der Waals surface area contributed by atoms with Crippen LogP contribution < -0.4 is 5.32 Å². The molecule has 0 saturated carbocycles. The van der Waals surface area contributed by atoms with Crippen LogP contribution in [0.25, 0.3) is 0 Å². The summed E-state index contributed by atoms with van der Waals surface area (Å²) in [6, 6.07) is 0. The van der Waals surface area contributed by atoms with Crippen LogP contribution in [0.2, 0.25) is 0 Å². The average Bonchev–Trinajstić information content (AvgIpc) is 1.69. The van der Waals surface area contributed by atoms with Crippen molar-refractivity contribution in [3.8, 4) is 0 Å². The Morgan fingerprint density at radius 3 is 1.00 bits per heavy atom. The van der Waals surface area contributed by atoms with E-state index in [2.05, 4.69) is 5.32 Å². The molecule has 92 valence electrons. The standard InChI is InChI=1S/C4H11NO2.6H2O/c6-3-1-5-2-4-7;;;;;;/h5-7H,1-4H2;6*1H2. The molecule has 0 radical (unpaired) electrons. The number of aliphatic hydroxyl groups excluding tert-OH is 2. The predicted octanol–water partition coefficient (Wildman–Crippen LogP) is -6.39. The molecule has 0 aliphatic heterocycles. The summed E-state index contributed by atoms with van der Waals surface area (Å²) in [4.78, 5) is 0. The molecule has 0 spiro atoms. The number of nitrogens with one attached hydrogen (secondary N) is 1. The maximum atomic E-state index is 8.15. The molecule has 13 heavy (non-hydrogen) atoms. The van der Waals surface area contributed by atoms with Crippen molar-refractivity contribution < 1.29 is 43.1 Å². The van der Waals surface area contributed by atoms with Gasteiger partial charge in [0.15, 0.2) is 0 Å². The van der Waals surface area contributed by atoms with Crippen LogP contribution in [-0.2, 0) is 0 Å². The molecule has 0 fully saturated rings. The van der Waals surface area contributed by atoms with Crippen molar-refractivity contribution in [2.75, 3.05) is 26.3 Å². The van der Waals surface area contributed by atoms with Gasteiger partial charge in [0, 0.05) is 13.1 Å². The molecule has 0 bridgehead atoms. The highest BCUT2D eigenvalue weighted by molar-refractivity contribution is 4.39. The van der Waals surface area contributed by atoms with Gasteiger partial charge in [-0.1, -0.05) is 0 Å². The molecule has 0 aliphatic rings. The van der Waals surface area contributed by atoms with Crippen molar-refractivity contribution in [1.82, 2.24) is 5.32 Å². The summed E-state index contributed by atoms with van der Waals surface area (Å²) >= 11 is 0. The Bertz CT molecular complexity index is 35.3. The van der Waals surface area contributed by atoms with Crippen LogP contribution in [0.15, 0.2) is 0 Å². The van der Waals surface area contributed by atoms with Crippen molar-refractivity contribution in [2.24, 2.45) is 0 Å². The SMILES string of the molecule is O.O.O.O.O.O.OCCNCCO. The van der Waals surface area contributed by atoms with Crippen molar-refractivity contribution in [1.29, 1.82) is 0 Å². The highest BCUT2D eigenvalue weighted by Gasteiger charge is 1.78. The third-order valence-electron chi connectivity index (χ3n) is 0.577. The van der Waals surface area contributed by atoms with E-state index in [1.807, 2.05) is 0 Å². The first kappa shape index (κ1) is 53.8. The van der Waals surface area contributed by atoms with Crippen LogP contribution in [0.4, 0.5) is 0 Å². The summed E-state index contributed by atoms with van der Waals surface area (Å²) in [5, 5.41) is 19.1. The molecule has 0 saturated heterocycles. The quantitative estimate of drug-likeness (QED) is 0.386. The first-order valence-corrected chi connectivity index (χ1v) is 2.34. The summed E-state index contributed by atoms with van der Waals surface area (Å²) in [5.74, 6) is 0. The zero-order chi connectivity index (χ0) is 5.54. The van der Waals surface area contributed by atoms with Crippen LogP contribution in [0.1, 0.15) is 0 Å². The van der Waals surface area contributed by atoms with Crippen LogP contribution in [0, 0.1) is 0 Å². The normalized spacial score (nSPS) is 5.08. The van der Waals surface area contributed by atoms with Crippen LogP contribution in [0.3, 0.4) is 0 Å². The van der Waals surface area contributed by atoms with E-state index in [0.717, 1.165) is 0 Å². The monoisotopic (exact) mass is 213 g/mol. The Labute approximate surface area is 75.9 Å². The zero-order valence-electron chi connectivity index (χ0n) is 7.22. The lowest BCUT2D eigenvalue weighted by atomic mass is 10.6. The Morgan fingerprint density at radius 1 is 0.615 bits per heavy atom. The van der Waals surface area contributed by atoms with Gasteiger partial charge in [0.05, 0.1) is 13.2 Å². The lowest BCUT2D eigenvalue weighted by molar-refractivity contribution is 0.266. The fourth-order valence-electron chi connectivity index (χ4n) is 0.283. The Hall–Kier alpha value is -0.360. The van der Waals surface area contributed by atoms with Gasteiger partial charge in [-0.25, -0.2) is 0 Å². The molecule has 0 aliphatic carbocycles. The van der Waals surface area contributed by atoms with Gasteiger partial charge in [-0.3, -0.25) is 0 Å². The third kappa shape index (κ3) is 81.6. The third-order valence-corrected chi connectivity index (χ3v) is 0.577. The van der Waals surface area contributed by atoms with E-state index >= 15 is 0 Å². The van der Waals surface area contributed by atoms with Crippen LogP contribution >= 0.6 is 0 Å². The lowest BCUT2D eigenvalue weighted by Crippen LogP contribution is -2.21. The molecule has 0 amide bonds. The van der Waals surface area contributed by atoms with E-state index in [9.17, 15) is 0 Å². The molecule has 9 nitrogen and oxygen atoms in total. The highest BCUT2D eigenvalue weighted by Crippen LogP contribution is 1.54. The minimum absolute atomic E-state index is 0.